The first-order valence-corrected chi connectivity index (χ1v) is 7.36. The normalized spacial score (nSPS) is 10.5. The number of hydrogen-bond acceptors (Lipinski definition) is 3. The second-order valence-corrected chi connectivity index (χ2v) is 5.21. The standard InChI is InChI=1S/C15H20N2S/c1-2-9-17(10-7-13-8-11-18-12-13)15-6-4-3-5-14(15)16/h3-6,8,11-12H,2,7,9-10,16H2,1H3. The maximum atomic E-state index is 6.06. The predicted octanol–water partition coefficient (Wildman–Crippen LogP) is 3.79. The van der Waals surface area contributed by atoms with E-state index in [2.05, 4.69) is 40.8 Å². The smallest absolute Gasteiger partial charge is 0.0600 e. The predicted molar refractivity (Wildman–Crippen MR) is 81.4 cm³/mol. The van der Waals surface area contributed by atoms with E-state index in [4.69, 9.17) is 5.73 Å². The Hall–Kier alpha value is -1.48. The highest BCUT2D eigenvalue weighted by atomic mass is 32.1. The molecule has 0 aliphatic heterocycles. The summed E-state index contributed by atoms with van der Waals surface area (Å²) in [4.78, 5) is 2.38. The molecular formula is C15H20N2S. The Labute approximate surface area is 113 Å². The van der Waals surface area contributed by atoms with Gasteiger partial charge in [-0.3, -0.25) is 0 Å². The quantitative estimate of drug-likeness (QED) is 0.801. The molecule has 0 amide bonds. The molecule has 0 fully saturated rings. The summed E-state index contributed by atoms with van der Waals surface area (Å²) in [6, 6.07) is 10.3. The van der Waals surface area contributed by atoms with E-state index in [1.54, 1.807) is 11.3 Å². The molecule has 18 heavy (non-hydrogen) atoms. The second kappa shape index (κ2) is 6.45. The monoisotopic (exact) mass is 260 g/mol. The van der Waals surface area contributed by atoms with Crippen LogP contribution in [0.3, 0.4) is 0 Å². The lowest BCUT2D eigenvalue weighted by molar-refractivity contribution is 0.758. The minimum absolute atomic E-state index is 0.872. The number of rotatable bonds is 6. The van der Waals surface area contributed by atoms with Gasteiger partial charge in [0.2, 0.25) is 0 Å². The fourth-order valence-corrected chi connectivity index (χ4v) is 2.80. The molecule has 2 aromatic rings. The molecule has 2 rings (SSSR count). The van der Waals surface area contributed by atoms with Gasteiger partial charge in [-0.15, -0.1) is 0 Å². The van der Waals surface area contributed by atoms with Gasteiger partial charge in [-0.05, 0) is 47.4 Å². The summed E-state index contributed by atoms with van der Waals surface area (Å²) < 4.78 is 0. The molecule has 1 aromatic carbocycles. The van der Waals surface area contributed by atoms with E-state index in [-0.39, 0.29) is 0 Å². The fraction of sp³-hybridized carbons (Fsp3) is 0.333. The van der Waals surface area contributed by atoms with Crippen molar-refractivity contribution in [1.29, 1.82) is 0 Å². The number of hydrogen-bond donors (Lipinski definition) is 1. The molecule has 1 heterocycles. The van der Waals surface area contributed by atoms with Gasteiger partial charge in [-0.2, -0.15) is 11.3 Å². The Kier molecular flexibility index (Phi) is 4.65. The Bertz CT molecular complexity index is 465. The van der Waals surface area contributed by atoms with Crippen molar-refractivity contribution in [3.63, 3.8) is 0 Å². The summed E-state index contributed by atoms with van der Waals surface area (Å²) in [5, 5.41) is 4.36. The van der Waals surface area contributed by atoms with Gasteiger partial charge in [0, 0.05) is 13.1 Å². The first-order chi connectivity index (χ1) is 8.81. The first kappa shape index (κ1) is 13.0. The lowest BCUT2D eigenvalue weighted by Gasteiger charge is -2.25. The molecule has 0 saturated carbocycles. The Morgan fingerprint density at radius 3 is 2.67 bits per heavy atom. The van der Waals surface area contributed by atoms with Crippen molar-refractivity contribution in [2.24, 2.45) is 0 Å². The van der Waals surface area contributed by atoms with Gasteiger partial charge in [0.1, 0.15) is 0 Å². The molecule has 1 aromatic heterocycles. The van der Waals surface area contributed by atoms with Crippen molar-refractivity contribution in [3.05, 3.63) is 46.7 Å². The van der Waals surface area contributed by atoms with Gasteiger partial charge >= 0.3 is 0 Å². The minimum atomic E-state index is 0.872. The lowest BCUT2D eigenvalue weighted by Crippen LogP contribution is -2.27. The van der Waals surface area contributed by atoms with Gasteiger partial charge in [-0.25, -0.2) is 0 Å². The summed E-state index contributed by atoms with van der Waals surface area (Å²) >= 11 is 1.76. The summed E-state index contributed by atoms with van der Waals surface area (Å²) in [5.74, 6) is 0. The first-order valence-electron chi connectivity index (χ1n) is 6.41. The molecule has 0 radical (unpaired) electrons. The summed E-state index contributed by atoms with van der Waals surface area (Å²) in [6.07, 6.45) is 2.22. The summed E-state index contributed by atoms with van der Waals surface area (Å²) in [7, 11) is 0. The number of nitrogens with two attached hydrogens (primary N) is 1. The van der Waals surface area contributed by atoms with Crippen LogP contribution in [0.15, 0.2) is 41.1 Å². The lowest BCUT2D eigenvalue weighted by atomic mass is 10.2. The van der Waals surface area contributed by atoms with Crippen molar-refractivity contribution < 1.29 is 0 Å². The molecule has 0 aliphatic carbocycles. The van der Waals surface area contributed by atoms with Crippen LogP contribution in [-0.4, -0.2) is 13.1 Å². The SMILES string of the molecule is CCCN(CCc1ccsc1)c1ccccc1N. The van der Waals surface area contributed by atoms with Crippen molar-refractivity contribution in [1.82, 2.24) is 0 Å². The van der Waals surface area contributed by atoms with Crippen LogP contribution in [-0.2, 0) is 6.42 Å². The molecule has 0 aliphatic rings. The van der Waals surface area contributed by atoms with Gasteiger partial charge in [-0.1, -0.05) is 19.1 Å². The van der Waals surface area contributed by atoms with E-state index < -0.39 is 0 Å². The van der Waals surface area contributed by atoms with E-state index in [1.807, 2.05) is 12.1 Å². The zero-order valence-electron chi connectivity index (χ0n) is 10.8. The number of thiophene rings is 1. The van der Waals surface area contributed by atoms with Crippen LogP contribution in [0.25, 0.3) is 0 Å². The van der Waals surface area contributed by atoms with Crippen molar-refractivity contribution in [2.75, 3.05) is 23.7 Å². The third-order valence-electron chi connectivity index (χ3n) is 3.02. The van der Waals surface area contributed by atoms with Crippen molar-refractivity contribution in [3.8, 4) is 0 Å². The molecule has 0 unspecified atom stereocenters. The van der Waals surface area contributed by atoms with E-state index in [9.17, 15) is 0 Å². The minimum Gasteiger partial charge on any atom is -0.397 e. The number of nitrogens with zero attached hydrogens (tertiary/aromatic N) is 1. The maximum Gasteiger partial charge on any atom is 0.0600 e. The Balaban J connectivity index is 2.06. The van der Waals surface area contributed by atoms with E-state index >= 15 is 0 Å². The molecule has 0 saturated heterocycles. The molecule has 2 nitrogen and oxygen atoms in total. The summed E-state index contributed by atoms with van der Waals surface area (Å²) in [6.45, 7) is 4.29. The highest BCUT2D eigenvalue weighted by molar-refractivity contribution is 7.07. The van der Waals surface area contributed by atoms with Crippen LogP contribution in [0.2, 0.25) is 0 Å². The molecular weight excluding hydrogens is 240 g/mol. The second-order valence-electron chi connectivity index (χ2n) is 4.43. The third-order valence-corrected chi connectivity index (χ3v) is 3.75. The molecule has 3 heteroatoms. The van der Waals surface area contributed by atoms with Crippen LogP contribution in [0.1, 0.15) is 18.9 Å². The molecule has 0 spiro atoms. The van der Waals surface area contributed by atoms with Crippen molar-refractivity contribution >= 4 is 22.7 Å². The average Bonchev–Trinajstić information content (AvgIpc) is 2.88. The highest BCUT2D eigenvalue weighted by Gasteiger charge is 2.08. The third kappa shape index (κ3) is 3.26. The van der Waals surface area contributed by atoms with Crippen LogP contribution in [0.5, 0.6) is 0 Å². The number of para-hydroxylation sites is 2. The molecule has 0 atom stereocenters. The van der Waals surface area contributed by atoms with Gasteiger partial charge in [0.25, 0.3) is 0 Å². The number of nitrogen functional groups attached to an aromatic ring is 1. The van der Waals surface area contributed by atoms with Gasteiger partial charge in [0.05, 0.1) is 11.4 Å². The Morgan fingerprint density at radius 1 is 1.17 bits per heavy atom. The van der Waals surface area contributed by atoms with Gasteiger partial charge in [0.15, 0.2) is 0 Å². The van der Waals surface area contributed by atoms with E-state index in [0.29, 0.717) is 0 Å². The fourth-order valence-electron chi connectivity index (χ4n) is 2.10. The number of benzene rings is 1. The zero-order chi connectivity index (χ0) is 12.8. The van der Waals surface area contributed by atoms with Crippen LogP contribution in [0, 0.1) is 0 Å². The van der Waals surface area contributed by atoms with Crippen LogP contribution < -0.4 is 10.6 Å². The Morgan fingerprint density at radius 2 is 2.00 bits per heavy atom. The zero-order valence-corrected chi connectivity index (χ0v) is 11.6. The molecule has 0 bridgehead atoms. The molecule has 96 valence electrons. The number of anilines is 2. The topological polar surface area (TPSA) is 29.3 Å². The summed E-state index contributed by atoms with van der Waals surface area (Å²) in [5.41, 5.74) is 9.51. The highest BCUT2D eigenvalue weighted by Crippen LogP contribution is 2.23. The maximum absolute atomic E-state index is 6.06. The van der Waals surface area contributed by atoms with Crippen molar-refractivity contribution in [2.45, 2.75) is 19.8 Å². The van der Waals surface area contributed by atoms with Crippen LogP contribution >= 0.6 is 11.3 Å². The molecule has 2 N–H and O–H groups in total. The van der Waals surface area contributed by atoms with Gasteiger partial charge < -0.3 is 10.6 Å². The average molecular weight is 260 g/mol. The van der Waals surface area contributed by atoms with Crippen LogP contribution in [0.4, 0.5) is 11.4 Å². The largest absolute Gasteiger partial charge is 0.397 e. The van der Waals surface area contributed by atoms with E-state index in [0.717, 1.165) is 37.3 Å². The van der Waals surface area contributed by atoms with E-state index in [1.165, 1.54) is 5.56 Å².